The van der Waals surface area contributed by atoms with Crippen molar-refractivity contribution in [1.82, 2.24) is 0 Å². The highest BCUT2D eigenvalue weighted by Gasteiger charge is 2.01. The van der Waals surface area contributed by atoms with Crippen molar-refractivity contribution in [1.29, 1.82) is 0 Å². The first kappa shape index (κ1) is 17.6. The molecule has 1 aromatic heterocycles. The number of halogens is 2. The van der Waals surface area contributed by atoms with E-state index in [2.05, 4.69) is 22.8 Å². The molecular formula is C17H20FIN2. The van der Waals surface area contributed by atoms with Crippen molar-refractivity contribution in [3.05, 3.63) is 59.9 Å². The Morgan fingerprint density at radius 1 is 1.10 bits per heavy atom. The molecule has 2 rings (SSSR count). The van der Waals surface area contributed by atoms with E-state index in [0.717, 1.165) is 16.9 Å². The van der Waals surface area contributed by atoms with Gasteiger partial charge in [0.15, 0.2) is 6.20 Å². The predicted octanol–water partition coefficient (Wildman–Crippen LogP) is 0.0912. The molecule has 0 saturated carbocycles. The van der Waals surface area contributed by atoms with E-state index in [0.29, 0.717) is 6.54 Å². The van der Waals surface area contributed by atoms with Gasteiger partial charge in [-0.25, -0.2) is 8.96 Å². The summed E-state index contributed by atoms with van der Waals surface area (Å²) < 4.78 is 14.4. The molecule has 0 fully saturated rings. The van der Waals surface area contributed by atoms with E-state index < -0.39 is 0 Å². The highest BCUT2D eigenvalue weighted by atomic mass is 127. The van der Waals surface area contributed by atoms with Gasteiger partial charge in [-0.05, 0) is 29.8 Å². The fourth-order valence-electron chi connectivity index (χ4n) is 1.99. The van der Waals surface area contributed by atoms with Crippen molar-refractivity contribution < 1.29 is 32.9 Å². The highest BCUT2D eigenvalue weighted by Crippen LogP contribution is 2.15. The molecular weight excluding hydrogens is 378 g/mol. The zero-order chi connectivity index (χ0) is 14.4. The average molecular weight is 398 g/mol. The molecule has 0 amide bonds. The fourth-order valence-corrected chi connectivity index (χ4v) is 1.99. The van der Waals surface area contributed by atoms with Crippen molar-refractivity contribution in [3.63, 3.8) is 0 Å². The van der Waals surface area contributed by atoms with Crippen LogP contribution in [0.4, 0.5) is 10.1 Å². The second-order valence-corrected chi connectivity index (χ2v) is 4.77. The summed E-state index contributed by atoms with van der Waals surface area (Å²) in [5.74, 6) is 0. The minimum atomic E-state index is -0.331. The van der Waals surface area contributed by atoms with Gasteiger partial charge in [-0.3, -0.25) is 0 Å². The molecule has 112 valence electrons. The van der Waals surface area contributed by atoms with Gasteiger partial charge in [0.25, 0.3) is 0 Å². The summed E-state index contributed by atoms with van der Waals surface area (Å²) in [7, 11) is 3.92. The lowest BCUT2D eigenvalue weighted by atomic mass is 10.1. The van der Waals surface area contributed by atoms with Gasteiger partial charge < -0.3 is 28.9 Å². The first-order chi connectivity index (χ1) is 9.70. The molecule has 0 unspecified atom stereocenters. The number of alkyl halides is 1. The molecule has 1 heterocycles. The number of hydrogen-bond donors (Lipinski definition) is 0. The molecule has 2 aromatic rings. The molecule has 0 aliphatic carbocycles. The van der Waals surface area contributed by atoms with Gasteiger partial charge in [0.1, 0.15) is 13.7 Å². The van der Waals surface area contributed by atoms with Crippen LogP contribution in [0.2, 0.25) is 0 Å². The summed E-state index contributed by atoms with van der Waals surface area (Å²) >= 11 is 0. The van der Waals surface area contributed by atoms with Crippen LogP contribution in [0.3, 0.4) is 0 Å². The molecule has 0 aliphatic rings. The number of hydrogen-bond acceptors (Lipinski definition) is 1. The summed E-state index contributed by atoms with van der Waals surface area (Å²) in [5, 5.41) is 0. The maximum atomic E-state index is 12.3. The smallest absolute Gasteiger partial charge is 0.204 e. The van der Waals surface area contributed by atoms with Crippen molar-refractivity contribution in [2.24, 2.45) is 7.05 Å². The lowest BCUT2D eigenvalue weighted by Gasteiger charge is -2.17. The van der Waals surface area contributed by atoms with Gasteiger partial charge in [0.2, 0.25) is 5.69 Å². The van der Waals surface area contributed by atoms with Crippen LogP contribution in [0.5, 0.6) is 0 Å². The Morgan fingerprint density at radius 3 is 2.43 bits per heavy atom. The van der Waals surface area contributed by atoms with E-state index >= 15 is 0 Å². The van der Waals surface area contributed by atoms with Crippen LogP contribution < -0.4 is 33.4 Å². The van der Waals surface area contributed by atoms with Gasteiger partial charge in [-0.2, -0.15) is 0 Å². The zero-order valence-corrected chi connectivity index (χ0v) is 14.5. The molecule has 0 N–H and O–H groups in total. The second kappa shape index (κ2) is 8.77. The SMILES string of the molecule is CN(CCF)c1ccc(/C=C/c2cccc[n+]2C)cc1.[I-]. The van der Waals surface area contributed by atoms with Gasteiger partial charge in [-0.15, -0.1) is 0 Å². The number of anilines is 1. The van der Waals surface area contributed by atoms with E-state index in [-0.39, 0.29) is 30.7 Å². The van der Waals surface area contributed by atoms with Crippen molar-refractivity contribution in [2.45, 2.75) is 0 Å². The molecule has 0 atom stereocenters. The predicted molar refractivity (Wildman–Crippen MR) is 82.2 cm³/mol. The van der Waals surface area contributed by atoms with Crippen LogP contribution in [0.25, 0.3) is 12.2 Å². The number of pyridine rings is 1. The lowest BCUT2D eigenvalue weighted by molar-refractivity contribution is -0.673. The maximum absolute atomic E-state index is 12.3. The monoisotopic (exact) mass is 398 g/mol. The first-order valence-corrected chi connectivity index (χ1v) is 6.70. The third-order valence-corrected chi connectivity index (χ3v) is 3.30. The third kappa shape index (κ3) is 5.12. The minimum absolute atomic E-state index is 0. The number of aromatic nitrogens is 1. The van der Waals surface area contributed by atoms with Crippen LogP contribution in [0.1, 0.15) is 11.3 Å². The highest BCUT2D eigenvalue weighted by molar-refractivity contribution is 5.68. The third-order valence-electron chi connectivity index (χ3n) is 3.30. The second-order valence-electron chi connectivity index (χ2n) is 4.77. The lowest BCUT2D eigenvalue weighted by Crippen LogP contribution is -3.00. The van der Waals surface area contributed by atoms with Gasteiger partial charge >= 0.3 is 0 Å². The molecule has 0 radical (unpaired) electrons. The molecule has 2 nitrogen and oxygen atoms in total. The Balaban J connectivity index is 0.00000220. The van der Waals surface area contributed by atoms with Crippen LogP contribution in [0, 0.1) is 0 Å². The largest absolute Gasteiger partial charge is 1.00 e. The Bertz CT molecular complexity index is 582. The summed E-state index contributed by atoms with van der Waals surface area (Å²) in [6, 6.07) is 14.2. The number of rotatable bonds is 5. The summed E-state index contributed by atoms with van der Waals surface area (Å²) in [5.41, 5.74) is 3.31. The standard InChI is InChI=1S/C17H20FN2.HI/c1-19-13-4-3-5-16(19)9-6-15-7-10-17(11-8-15)20(2)14-12-18;/h3-11,13H,12,14H2,1-2H3;1H/q+1;/p-1. The Morgan fingerprint density at radius 2 is 1.81 bits per heavy atom. The van der Waals surface area contributed by atoms with E-state index in [1.54, 1.807) is 0 Å². The van der Waals surface area contributed by atoms with Crippen LogP contribution in [-0.4, -0.2) is 20.3 Å². The number of benzene rings is 1. The topological polar surface area (TPSA) is 7.12 Å². The normalized spacial score (nSPS) is 10.4. The van der Waals surface area contributed by atoms with Crippen LogP contribution >= 0.6 is 0 Å². The van der Waals surface area contributed by atoms with Crippen LogP contribution in [-0.2, 0) is 7.05 Å². The molecule has 0 spiro atoms. The maximum Gasteiger partial charge on any atom is 0.204 e. The molecule has 1 aromatic carbocycles. The number of aryl methyl sites for hydroxylation is 1. The Labute approximate surface area is 142 Å². The molecule has 0 saturated heterocycles. The van der Waals surface area contributed by atoms with Crippen LogP contribution in [0.15, 0.2) is 48.7 Å². The van der Waals surface area contributed by atoms with Crippen molar-refractivity contribution >= 4 is 17.8 Å². The fraction of sp³-hybridized carbons (Fsp3) is 0.235. The quantitative estimate of drug-likeness (QED) is 0.512. The van der Waals surface area contributed by atoms with Gasteiger partial charge in [0.05, 0.1) is 0 Å². The Hall–Kier alpha value is -1.43. The molecule has 21 heavy (non-hydrogen) atoms. The molecule has 0 aliphatic heterocycles. The van der Waals surface area contributed by atoms with E-state index in [4.69, 9.17) is 0 Å². The summed E-state index contributed by atoms with van der Waals surface area (Å²) in [6.07, 6.45) is 6.18. The minimum Gasteiger partial charge on any atom is -1.00 e. The van der Waals surface area contributed by atoms with Gasteiger partial charge in [0, 0.05) is 37.5 Å². The average Bonchev–Trinajstić information content (AvgIpc) is 2.47. The van der Waals surface area contributed by atoms with Gasteiger partial charge in [-0.1, -0.05) is 12.1 Å². The summed E-state index contributed by atoms with van der Waals surface area (Å²) in [6.45, 7) is 0.0949. The molecule has 4 heteroatoms. The van der Waals surface area contributed by atoms with Crippen molar-refractivity contribution in [3.8, 4) is 0 Å². The molecule has 0 bridgehead atoms. The van der Waals surface area contributed by atoms with Crippen molar-refractivity contribution in [2.75, 3.05) is 25.2 Å². The van der Waals surface area contributed by atoms with E-state index in [1.165, 1.54) is 0 Å². The zero-order valence-electron chi connectivity index (χ0n) is 12.3. The van der Waals surface area contributed by atoms with E-state index in [1.807, 2.05) is 61.6 Å². The Kier molecular flexibility index (Phi) is 7.36. The van der Waals surface area contributed by atoms with E-state index in [9.17, 15) is 4.39 Å². The summed E-state index contributed by atoms with van der Waals surface area (Å²) in [4.78, 5) is 1.91. The number of nitrogens with zero attached hydrogens (tertiary/aromatic N) is 2. The first-order valence-electron chi connectivity index (χ1n) is 6.70.